The second kappa shape index (κ2) is 4.20. The first-order chi connectivity index (χ1) is 8.67. The van der Waals surface area contributed by atoms with E-state index in [0.717, 1.165) is 18.7 Å². The van der Waals surface area contributed by atoms with Crippen molar-refractivity contribution in [3.8, 4) is 11.5 Å². The van der Waals surface area contributed by atoms with Crippen LogP contribution < -0.4 is 5.32 Å². The maximum Gasteiger partial charge on any atom is 0.247 e. The fraction of sp³-hybridized carbons (Fsp3) is 0.583. The predicted octanol–water partition coefficient (Wildman–Crippen LogP) is 1.46. The van der Waals surface area contributed by atoms with Crippen molar-refractivity contribution in [1.82, 2.24) is 25.2 Å². The molecule has 3 rings (SSSR count). The van der Waals surface area contributed by atoms with Crippen LogP contribution in [-0.4, -0.2) is 26.5 Å². The zero-order valence-corrected chi connectivity index (χ0v) is 10.7. The van der Waals surface area contributed by atoms with Crippen LogP contribution in [0.3, 0.4) is 0 Å². The monoisotopic (exact) mass is 247 g/mol. The quantitative estimate of drug-likeness (QED) is 0.870. The van der Waals surface area contributed by atoms with Crippen LogP contribution in [0, 0.1) is 0 Å². The summed E-state index contributed by atoms with van der Waals surface area (Å²) in [5.74, 6) is 1.21. The van der Waals surface area contributed by atoms with E-state index in [1.807, 2.05) is 19.3 Å². The van der Waals surface area contributed by atoms with Crippen LogP contribution >= 0.6 is 0 Å². The lowest BCUT2D eigenvalue weighted by atomic mass is 9.91. The van der Waals surface area contributed by atoms with E-state index < -0.39 is 0 Å². The first-order valence-corrected chi connectivity index (χ1v) is 6.27. The van der Waals surface area contributed by atoms with Crippen LogP contribution in [0.2, 0.25) is 0 Å². The number of hydrogen-bond donors (Lipinski definition) is 1. The average Bonchev–Trinajstić information content (AvgIpc) is 2.98. The summed E-state index contributed by atoms with van der Waals surface area (Å²) in [6.45, 7) is 3.11. The molecular weight excluding hydrogens is 230 g/mol. The first-order valence-electron chi connectivity index (χ1n) is 6.27. The maximum atomic E-state index is 5.40. The number of aromatic nitrogens is 4. The standard InChI is InChI=1S/C12H17N5O/c1-12(6-3-4-7-13-12)11-14-10(16-18-11)9-5-8-17(2)15-9/h5,8,13H,3-4,6-7H2,1-2H3. The van der Waals surface area contributed by atoms with Crippen LogP contribution in [0.4, 0.5) is 0 Å². The molecule has 6 nitrogen and oxygen atoms in total. The van der Waals surface area contributed by atoms with E-state index in [1.54, 1.807) is 4.68 Å². The van der Waals surface area contributed by atoms with Gasteiger partial charge in [-0.15, -0.1) is 0 Å². The summed E-state index contributed by atoms with van der Waals surface area (Å²) < 4.78 is 7.13. The minimum Gasteiger partial charge on any atom is -0.337 e. The normalized spacial score (nSPS) is 24.3. The van der Waals surface area contributed by atoms with Gasteiger partial charge in [0.15, 0.2) is 0 Å². The van der Waals surface area contributed by atoms with Crippen molar-refractivity contribution in [2.45, 2.75) is 31.7 Å². The van der Waals surface area contributed by atoms with Crippen molar-refractivity contribution in [3.05, 3.63) is 18.2 Å². The Morgan fingerprint density at radius 2 is 2.33 bits per heavy atom. The van der Waals surface area contributed by atoms with E-state index in [1.165, 1.54) is 12.8 Å². The van der Waals surface area contributed by atoms with E-state index in [-0.39, 0.29) is 5.54 Å². The molecule has 0 aliphatic carbocycles. The zero-order valence-electron chi connectivity index (χ0n) is 10.7. The highest BCUT2D eigenvalue weighted by Gasteiger charge is 2.34. The SMILES string of the molecule is Cn1ccc(-c2noc(C3(C)CCCCN3)n2)n1. The van der Waals surface area contributed by atoms with Gasteiger partial charge in [0.2, 0.25) is 11.7 Å². The summed E-state index contributed by atoms with van der Waals surface area (Å²) in [5, 5.41) is 11.8. The van der Waals surface area contributed by atoms with Gasteiger partial charge in [-0.3, -0.25) is 4.68 Å². The molecule has 0 radical (unpaired) electrons. The Balaban J connectivity index is 1.89. The van der Waals surface area contributed by atoms with E-state index >= 15 is 0 Å². The van der Waals surface area contributed by atoms with Crippen molar-refractivity contribution in [2.75, 3.05) is 6.54 Å². The van der Waals surface area contributed by atoms with Gasteiger partial charge in [-0.2, -0.15) is 10.1 Å². The third-order valence-corrected chi connectivity index (χ3v) is 3.46. The molecule has 96 valence electrons. The lowest BCUT2D eigenvalue weighted by molar-refractivity contribution is 0.207. The third kappa shape index (κ3) is 1.92. The summed E-state index contributed by atoms with van der Waals surface area (Å²) in [6, 6.07) is 1.88. The number of piperidine rings is 1. The van der Waals surface area contributed by atoms with Gasteiger partial charge in [0.25, 0.3) is 0 Å². The molecular formula is C12H17N5O. The Hall–Kier alpha value is -1.69. The number of aryl methyl sites for hydroxylation is 1. The van der Waals surface area contributed by atoms with Crippen molar-refractivity contribution in [2.24, 2.45) is 7.05 Å². The van der Waals surface area contributed by atoms with Crippen molar-refractivity contribution < 1.29 is 4.52 Å². The summed E-state index contributed by atoms with van der Waals surface area (Å²) in [6.07, 6.45) is 5.28. The molecule has 18 heavy (non-hydrogen) atoms. The van der Waals surface area contributed by atoms with Gasteiger partial charge in [-0.05, 0) is 38.8 Å². The summed E-state index contributed by atoms with van der Waals surface area (Å²) in [7, 11) is 1.87. The molecule has 1 aliphatic heterocycles. The molecule has 1 saturated heterocycles. The van der Waals surface area contributed by atoms with Crippen LogP contribution in [0.5, 0.6) is 0 Å². The van der Waals surface area contributed by atoms with Crippen molar-refractivity contribution in [1.29, 1.82) is 0 Å². The van der Waals surface area contributed by atoms with Gasteiger partial charge >= 0.3 is 0 Å². The second-order valence-corrected chi connectivity index (χ2v) is 5.01. The Labute approximate surface area is 105 Å². The number of hydrogen-bond acceptors (Lipinski definition) is 5. The molecule has 0 spiro atoms. The summed E-state index contributed by atoms with van der Waals surface area (Å²) >= 11 is 0. The van der Waals surface area contributed by atoms with E-state index in [0.29, 0.717) is 11.7 Å². The molecule has 0 aromatic carbocycles. The molecule has 0 amide bonds. The van der Waals surface area contributed by atoms with Gasteiger partial charge in [-0.25, -0.2) is 0 Å². The van der Waals surface area contributed by atoms with Crippen molar-refractivity contribution >= 4 is 0 Å². The second-order valence-electron chi connectivity index (χ2n) is 5.01. The number of nitrogens with zero attached hydrogens (tertiary/aromatic N) is 4. The Morgan fingerprint density at radius 1 is 1.44 bits per heavy atom. The largest absolute Gasteiger partial charge is 0.337 e. The topological polar surface area (TPSA) is 68.8 Å². The van der Waals surface area contributed by atoms with Gasteiger partial charge in [0, 0.05) is 13.2 Å². The molecule has 0 bridgehead atoms. The Kier molecular flexibility index (Phi) is 2.66. The highest BCUT2D eigenvalue weighted by atomic mass is 16.5. The highest BCUT2D eigenvalue weighted by Crippen LogP contribution is 2.29. The highest BCUT2D eigenvalue weighted by molar-refractivity contribution is 5.46. The fourth-order valence-electron chi connectivity index (χ4n) is 2.32. The number of rotatable bonds is 2. The predicted molar refractivity (Wildman–Crippen MR) is 65.7 cm³/mol. The van der Waals surface area contributed by atoms with E-state index in [2.05, 4.69) is 27.5 Å². The molecule has 0 saturated carbocycles. The van der Waals surface area contributed by atoms with Crippen LogP contribution in [0.1, 0.15) is 32.1 Å². The minimum atomic E-state index is -0.196. The van der Waals surface area contributed by atoms with Crippen molar-refractivity contribution in [3.63, 3.8) is 0 Å². The molecule has 1 N–H and O–H groups in total. The van der Waals surface area contributed by atoms with Crippen LogP contribution in [0.15, 0.2) is 16.8 Å². The first kappa shape index (κ1) is 11.4. The molecule has 1 unspecified atom stereocenters. The lowest BCUT2D eigenvalue weighted by Crippen LogP contribution is -2.43. The smallest absolute Gasteiger partial charge is 0.247 e. The van der Waals surface area contributed by atoms with Crippen LogP contribution in [-0.2, 0) is 12.6 Å². The lowest BCUT2D eigenvalue weighted by Gasteiger charge is -2.31. The fourth-order valence-corrected chi connectivity index (χ4v) is 2.32. The Morgan fingerprint density at radius 3 is 3.00 bits per heavy atom. The average molecular weight is 247 g/mol. The summed E-state index contributed by atoms with van der Waals surface area (Å²) in [5.41, 5.74) is 0.546. The molecule has 6 heteroatoms. The van der Waals surface area contributed by atoms with E-state index in [9.17, 15) is 0 Å². The molecule has 1 fully saturated rings. The van der Waals surface area contributed by atoms with Gasteiger partial charge < -0.3 is 9.84 Å². The van der Waals surface area contributed by atoms with Gasteiger partial charge in [-0.1, -0.05) is 5.16 Å². The molecule has 1 atom stereocenters. The summed E-state index contributed by atoms with van der Waals surface area (Å²) in [4.78, 5) is 4.47. The zero-order chi connectivity index (χ0) is 12.6. The van der Waals surface area contributed by atoms with Gasteiger partial charge in [0.1, 0.15) is 5.69 Å². The number of nitrogens with one attached hydrogen (secondary N) is 1. The molecule has 2 aromatic rings. The maximum absolute atomic E-state index is 5.40. The minimum absolute atomic E-state index is 0.196. The molecule has 3 heterocycles. The molecule has 1 aliphatic rings. The third-order valence-electron chi connectivity index (χ3n) is 3.46. The van der Waals surface area contributed by atoms with Gasteiger partial charge in [0.05, 0.1) is 5.54 Å². The van der Waals surface area contributed by atoms with E-state index in [4.69, 9.17) is 4.52 Å². The van der Waals surface area contributed by atoms with Crippen LogP contribution in [0.25, 0.3) is 11.5 Å². The Bertz CT molecular complexity index is 538. The molecule has 2 aromatic heterocycles.